The first-order valence-corrected chi connectivity index (χ1v) is 7.72. The van der Waals surface area contributed by atoms with Crippen LogP contribution in [-0.4, -0.2) is 35.9 Å². The van der Waals surface area contributed by atoms with Gasteiger partial charge < -0.3 is 15.3 Å². The molecule has 2 amide bonds. The zero-order valence-corrected chi connectivity index (χ0v) is 14.2. The fourth-order valence-corrected chi connectivity index (χ4v) is 2.39. The molecule has 2 N–H and O–H groups in total. The first-order valence-electron chi connectivity index (χ1n) is 7.72. The lowest BCUT2D eigenvalue weighted by molar-refractivity contribution is -0.120. The molecule has 2 aromatic carbocycles. The molecule has 0 atom stereocenters. The molecule has 126 valence electrons. The molecule has 0 bridgehead atoms. The molecule has 0 aliphatic heterocycles. The van der Waals surface area contributed by atoms with Gasteiger partial charge in [0, 0.05) is 26.2 Å². The number of benzene rings is 2. The SMILES string of the molecule is Cc1cc(O)ccc1CC(=O)NCc1cccc(C(=O)N(C)C)c1. The van der Waals surface area contributed by atoms with Gasteiger partial charge in [-0.1, -0.05) is 18.2 Å². The van der Waals surface area contributed by atoms with E-state index in [2.05, 4.69) is 5.32 Å². The van der Waals surface area contributed by atoms with Crippen molar-refractivity contribution in [1.82, 2.24) is 10.2 Å². The van der Waals surface area contributed by atoms with E-state index < -0.39 is 0 Å². The first-order chi connectivity index (χ1) is 11.4. The highest BCUT2D eigenvalue weighted by atomic mass is 16.3. The number of hydrogen-bond acceptors (Lipinski definition) is 3. The van der Waals surface area contributed by atoms with Crippen LogP contribution in [0.1, 0.15) is 27.0 Å². The maximum Gasteiger partial charge on any atom is 0.253 e. The summed E-state index contributed by atoms with van der Waals surface area (Å²) >= 11 is 0. The number of aryl methyl sites for hydroxylation is 1. The van der Waals surface area contributed by atoms with Crippen LogP contribution in [0.25, 0.3) is 0 Å². The van der Waals surface area contributed by atoms with Gasteiger partial charge in [0.1, 0.15) is 5.75 Å². The topological polar surface area (TPSA) is 69.6 Å². The lowest BCUT2D eigenvalue weighted by Crippen LogP contribution is -2.25. The summed E-state index contributed by atoms with van der Waals surface area (Å²) in [5.74, 6) is 0.0232. The van der Waals surface area contributed by atoms with E-state index in [1.165, 1.54) is 4.90 Å². The van der Waals surface area contributed by atoms with Crippen LogP contribution in [0.5, 0.6) is 5.75 Å². The molecule has 0 fully saturated rings. The number of amides is 2. The average molecular weight is 326 g/mol. The van der Waals surface area contributed by atoms with Crippen molar-refractivity contribution in [2.24, 2.45) is 0 Å². The van der Waals surface area contributed by atoms with Gasteiger partial charge in [-0.05, 0) is 47.9 Å². The van der Waals surface area contributed by atoms with Gasteiger partial charge in [0.15, 0.2) is 0 Å². The number of rotatable bonds is 5. The number of nitrogens with zero attached hydrogens (tertiary/aromatic N) is 1. The predicted octanol–water partition coefficient (Wildman–Crippen LogP) is 2.26. The highest BCUT2D eigenvalue weighted by Gasteiger charge is 2.10. The number of phenols is 1. The van der Waals surface area contributed by atoms with Crippen molar-refractivity contribution >= 4 is 11.8 Å². The maximum absolute atomic E-state index is 12.1. The highest BCUT2D eigenvalue weighted by molar-refractivity contribution is 5.94. The van der Waals surface area contributed by atoms with Crippen LogP contribution in [0, 0.1) is 6.92 Å². The Morgan fingerprint density at radius 1 is 1.12 bits per heavy atom. The summed E-state index contributed by atoms with van der Waals surface area (Å²) in [5, 5.41) is 12.3. The largest absolute Gasteiger partial charge is 0.508 e. The third-order valence-electron chi connectivity index (χ3n) is 3.75. The van der Waals surface area contributed by atoms with Gasteiger partial charge in [-0.25, -0.2) is 0 Å². The van der Waals surface area contributed by atoms with Crippen LogP contribution >= 0.6 is 0 Å². The van der Waals surface area contributed by atoms with Crippen molar-refractivity contribution in [2.45, 2.75) is 19.9 Å². The number of nitrogens with one attached hydrogen (secondary N) is 1. The van der Waals surface area contributed by atoms with Crippen LogP contribution in [0.4, 0.5) is 0 Å². The monoisotopic (exact) mass is 326 g/mol. The molecule has 0 aliphatic carbocycles. The maximum atomic E-state index is 12.1. The molecule has 0 aliphatic rings. The molecular formula is C19H22N2O3. The smallest absolute Gasteiger partial charge is 0.253 e. The number of carbonyl (C=O) groups excluding carboxylic acids is 2. The zero-order chi connectivity index (χ0) is 17.7. The summed E-state index contributed by atoms with van der Waals surface area (Å²) in [6, 6.07) is 12.2. The van der Waals surface area contributed by atoms with E-state index in [9.17, 15) is 14.7 Å². The minimum atomic E-state index is -0.104. The fourth-order valence-electron chi connectivity index (χ4n) is 2.39. The lowest BCUT2D eigenvalue weighted by atomic mass is 10.0. The van der Waals surface area contributed by atoms with Crippen LogP contribution in [0.3, 0.4) is 0 Å². The van der Waals surface area contributed by atoms with Crippen molar-refractivity contribution < 1.29 is 14.7 Å². The Bertz CT molecular complexity index is 754. The van der Waals surface area contributed by atoms with Gasteiger partial charge in [0.05, 0.1) is 6.42 Å². The number of aromatic hydroxyl groups is 1. The molecule has 0 heterocycles. The second-order valence-electron chi connectivity index (χ2n) is 5.96. The summed E-state index contributed by atoms with van der Waals surface area (Å²) in [6.45, 7) is 2.23. The van der Waals surface area contributed by atoms with Crippen LogP contribution in [-0.2, 0) is 17.8 Å². The normalized spacial score (nSPS) is 10.3. The Morgan fingerprint density at radius 3 is 2.54 bits per heavy atom. The summed E-state index contributed by atoms with van der Waals surface area (Å²) < 4.78 is 0. The van der Waals surface area contributed by atoms with Crippen LogP contribution in [0.15, 0.2) is 42.5 Å². The van der Waals surface area contributed by atoms with Crippen molar-refractivity contribution in [3.05, 3.63) is 64.7 Å². The van der Waals surface area contributed by atoms with E-state index in [-0.39, 0.29) is 24.0 Å². The van der Waals surface area contributed by atoms with E-state index in [0.29, 0.717) is 12.1 Å². The van der Waals surface area contributed by atoms with Gasteiger partial charge in [-0.3, -0.25) is 9.59 Å². The Kier molecular flexibility index (Phi) is 5.58. The Balaban J connectivity index is 1.96. The Morgan fingerprint density at radius 2 is 1.88 bits per heavy atom. The standard InChI is InChI=1S/C19H22N2O3/c1-13-9-17(22)8-7-15(13)11-18(23)20-12-14-5-4-6-16(10-14)19(24)21(2)3/h4-10,22H,11-12H2,1-3H3,(H,20,23). The minimum Gasteiger partial charge on any atom is -0.508 e. The quantitative estimate of drug-likeness (QED) is 0.885. The summed E-state index contributed by atoms with van der Waals surface area (Å²) in [7, 11) is 3.41. The van der Waals surface area contributed by atoms with Gasteiger partial charge in [-0.2, -0.15) is 0 Å². The third kappa shape index (κ3) is 4.59. The number of phenolic OH excluding ortho intramolecular Hbond substituents is 1. The first kappa shape index (κ1) is 17.5. The lowest BCUT2D eigenvalue weighted by Gasteiger charge is -2.12. The van der Waals surface area contributed by atoms with E-state index >= 15 is 0 Å². The molecule has 0 aromatic heterocycles. The second kappa shape index (κ2) is 7.64. The molecule has 0 spiro atoms. The molecular weight excluding hydrogens is 304 g/mol. The molecule has 0 saturated heterocycles. The Hall–Kier alpha value is -2.82. The van der Waals surface area contributed by atoms with E-state index in [1.807, 2.05) is 19.1 Å². The fraction of sp³-hybridized carbons (Fsp3) is 0.263. The van der Waals surface area contributed by atoms with E-state index in [1.54, 1.807) is 44.4 Å². The van der Waals surface area contributed by atoms with Crippen molar-refractivity contribution in [1.29, 1.82) is 0 Å². The van der Waals surface area contributed by atoms with Gasteiger partial charge in [0.25, 0.3) is 5.91 Å². The number of carbonyl (C=O) groups is 2. The minimum absolute atomic E-state index is 0.0668. The third-order valence-corrected chi connectivity index (χ3v) is 3.75. The van der Waals surface area contributed by atoms with Crippen molar-refractivity contribution in [3.8, 4) is 5.75 Å². The van der Waals surface area contributed by atoms with E-state index in [0.717, 1.165) is 16.7 Å². The van der Waals surface area contributed by atoms with Crippen LogP contribution in [0.2, 0.25) is 0 Å². The summed E-state index contributed by atoms with van der Waals surface area (Å²) in [4.78, 5) is 25.6. The van der Waals surface area contributed by atoms with Crippen molar-refractivity contribution in [3.63, 3.8) is 0 Å². The molecule has 0 radical (unpaired) electrons. The molecule has 5 nitrogen and oxygen atoms in total. The molecule has 24 heavy (non-hydrogen) atoms. The second-order valence-corrected chi connectivity index (χ2v) is 5.96. The highest BCUT2D eigenvalue weighted by Crippen LogP contribution is 2.16. The summed E-state index contributed by atoms with van der Waals surface area (Å²) in [5.41, 5.74) is 3.23. The van der Waals surface area contributed by atoms with Gasteiger partial charge in [0.2, 0.25) is 5.91 Å². The summed E-state index contributed by atoms with van der Waals surface area (Å²) in [6.07, 6.45) is 0.252. The van der Waals surface area contributed by atoms with Gasteiger partial charge in [-0.15, -0.1) is 0 Å². The molecule has 5 heteroatoms. The molecule has 0 saturated carbocycles. The van der Waals surface area contributed by atoms with Crippen molar-refractivity contribution in [2.75, 3.05) is 14.1 Å². The van der Waals surface area contributed by atoms with Crippen LogP contribution < -0.4 is 5.32 Å². The van der Waals surface area contributed by atoms with E-state index in [4.69, 9.17) is 0 Å². The Labute approximate surface area is 141 Å². The zero-order valence-electron chi connectivity index (χ0n) is 14.2. The van der Waals surface area contributed by atoms with Gasteiger partial charge >= 0.3 is 0 Å². The number of hydrogen-bond donors (Lipinski definition) is 2. The molecule has 2 rings (SSSR count). The molecule has 0 unspecified atom stereocenters. The average Bonchev–Trinajstić information content (AvgIpc) is 2.55. The predicted molar refractivity (Wildman–Crippen MR) is 92.9 cm³/mol. The molecule has 2 aromatic rings.